The van der Waals surface area contributed by atoms with Crippen LogP contribution in [0.25, 0.3) is 44.3 Å². The van der Waals surface area contributed by atoms with Crippen molar-refractivity contribution < 1.29 is 13.4 Å². The topological polar surface area (TPSA) is 40.8 Å². The summed E-state index contributed by atoms with van der Waals surface area (Å²) in [5.74, 6) is 0.347. The minimum absolute atomic E-state index is 0.291. The molecule has 6 rings (SSSR count). The predicted octanol–water partition coefficient (Wildman–Crippen LogP) is 7.72. The zero-order valence-corrected chi connectivity index (χ0v) is 19.9. The Labute approximate surface area is 204 Å². The molecule has 35 heavy (non-hydrogen) atoms. The molecule has 5 aromatic rings. The molecule has 172 valence electrons. The van der Waals surface area contributed by atoms with E-state index in [9.17, 15) is 9.65 Å². The summed E-state index contributed by atoms with van der Waals surface area (Å²) in [6.45, 7) is 2.01. The summed E-state index contributed by atoms with van der Waals surface area (Å²) in [5, 5.41) is 11.9. The maximum atomic E-state index is 14.2. The van der Waals surface area contributed by atoms with Crippen molar-refractivity contribution in [1.29, 1.82) is 5.26 Å². The van der Waals surface area contributed by atoms with Crippen molar-refractivity contribution >= 4 is 21.9 Å². The van der Waals surface area contributed by atoms with Crippen molar-refractivity contribution in [3.8, 4) is 28.5 Å². The Bertz CT molecular complexity index is 1630. The van der Waals surface area contributed by atoms with Crippen LogP contribution >= 0.6 is 0 Å². The molecule has 4 heteroatoms. The van der Waals surface area contributed by atoms with Crippen molar-refractivity contribution in [2.45, 2.75) is 38.5 Å². The van der Waals surface area contributed by atoms with E-state index in [0.717, 1.165) is 38.7 Å². The van der Waals surface area contributed by atoms with Crippen LogP contribution in [-0.2, 0) is 7.05 Å². The summed E-state index contributed by atoms with van der Waals surface area (Å²) >= 11 is 0. The number of fused-ring (bicyclic) bond motifs is 3. The van der Waals surface area contributed by atoms with Gasteiger partial charge in [-0.1, -0.05) is 49.2 Å². The fourth-order valence-electron chi connectivity index (χ4n) is 5.67. The molecule has 0 bridgehead atoms. The quantitative estimate of drug-likeness (QED) is 0.258. The lowest BCUT2D eigenvalue weighted by Crippen LogP contribution is -2.30. The van der Waals surface area contributed by atoms with E-state index in [1.165, 1.54) is 37.3 Å². The Morgan fingerprint density at radius 2 is 1.60 bits per heavy atom. The lowest BCUT2D eigenvalue weighted by atomic mass is 9.92. The number of hydrogen-bond donors (Lipinski definition) is 0. The molecule has 3 nitrogen and oxygen atoms in total. The van der Waals surface area contributed by atoms with E-state index >= 15 is 0 Å². The van der Waals surface area contributed by atoms with Crippen LogP contribution in [0.15, 0.2) is 71.3 Å². The number of pyridine rings is 1. The van der Waals surface area contributed by atoms with Crippen molar-refractivity contribution in [3.63, 3.8) is 0 Å². The summed E-state index contributed by atoms with van der Waals surface area (Å²) in [7, 11) is 1.90. The normalized spacial score (nSPS) is 14.1. The highest BCUT2D eigenvalue weighted by atomic mass is 19.1. The molecular formula is C31H26FN2O+. The van der Waals surface area contributed by atoms with Crippen LogP contribution in [0.2, 0.25) is 0 Å². The first-order valence-corrected chi connectivity index (χ1v) is 12.2. The number of nitriles is 1. The van der Waals surface area contributed by atoms with Crippen LogP contribution < -0.4 is 4.57 Å². The lowest BCUT2D eigenvalue weighted by molar-refractivity contribution is -0.660. The minimum Gasteiger partial charge on any atom is -0.454 e. The number of benzene rings is 3. The van der Waals surface area contributed by atoms with Gasteiger partial charge in [-0.05, 0) is 54.5 Å². The summed E-state index contributed by atoms with van der Waals surface area (Å²) in [5.41, 5.74) is 7.75. The predicted molar refractivity (Wildman–Crippen MR) is 136 cm³/mol. The molecule has 0 saturated heterocycles. The van der Waals surface area contributed by atoms with Gasteiger partial charge in [0.1, 0.15) is 24.0 Å². The third-order valence-corrected chi connectivity index (χ3v) is 7.53. The molecule has 0 spiro atoms. The van der Waals surface area contributed by atoms with Gasteiger partial charge in [-0.15, -0.1) is 0 Å². The van der Waals surface area contributed by atoms with Gasteiger partial charge in [0, 0.05) is 28.5 Å². The number of halogens is 1. The van der Waals surface area contributed by atoms with Gasteiger partial charge in [-0.25, -0.2) is 8.96 Å². The van der Waals surface area contributed by atoms with Crippen LogP contribution in [0.1, 0.15) is 48.3 Å². The molecule has 2 aromatic heterocycles. The highest BCUT2D eigenvalue weighted by Crippen LogP contribution is 2.42. The molecule has 1 aliphatic carbocycles. The van der Waals surface area contributed by atoms with Gasteiger partial charge in [-0.2, -0.15) is 5.26 Å². The summed E-state index contributed by atoms with van der Waals surface area (Å²) in [6.07, 6.45) is 6.82. The molecule has 0 atom stereocenters. The Hall–Kier alpha value is -3.97. The van der Waals surface area contributed by atoms with E-state index in [1.54, 1.807) is 12.3 Å². The van der Waals surface area contributed by atoms with Gasteiger partial charge in [0.25, 0.3) is 0 Å². The molecule has 1 aliphatic rings. The second kappa shape index (κ2) is 8.36. The van der Waals surface area contributed by atoms with Crippen molar-refractivity contribution in [2.24, 2.45) is 7.05 Å². The smallest absolute Gasteiger partial charge is 0.219 e. The number of rotatable bonds is 3. The largest absolute Gasteiger partial charge is 0.454 e. The molecule has 0 aliphatic heterocycles. The van der Waals surface area contributed by atoms with E-state index in [1.807, 2.05) is 36.7 Å². The van der Waals surface area contributed by atoms with E-state index < -0.39 is 0 Å². The van der Waals surface area contributed by atoms with Crippen molar-refractivity contribution in [1.82, 2.24) is 0 Å². The highest BCUT2D eigenvalue weighted by molar-refractivity contribution is 6.14. The standard InChI is InChI=1S/C31H26FN2O/c1-19-7-13-25-26-14-12-23(18-33)29(22-10-8-21(9-11-22)20-5-3-4-6-20)31(26)35-30(25)28(19)27-17-24(32)15-16-34(27)2/h7-17,20H,3-6H2,1-2H3/q+1. The zero-order valence-electron chi connectivity index (χ0n) is 19.9. The van der Waals surface area contributed by atoms with Gasteiger partial charge in [0.2, 0.25) is 5.69 Å². The van der Waals surface area contributed by atoms with Gasteiger partial charge in [-0.3, -0.25) is 0 Å². The van der Waals surface area contributed by atoms with Gasteiger partial charge >= 0.3 is 0 Å². The van der Waals surface area contributed by atoms with E-state index in [2.05, 4.69) is 36.4 Å². The second-order valence-electron chi connectivity index (χ2n) is 9.66. The molecule has 2 heterocycles. The van der Waals surface area contributed by atoms with Gasteiger partial charge in [0.05, 0.1) is 17.2 Å². The number of nitrogens with zero attached hydrogens (tertiary/aromatic N) is 2. The van der Waals surface area contributed by atoms with Crippen LogP contribution in [0.4, 0.5) is 4.39 Å². The fourth-order valence-corrected chi connectivity index (χ4v) is 5.67. The van der Waals surface area contributed by atoms with Crippen LogP contribution in [-0.4, -0.2) is 0 Å². The third kappa shape index (κ3) is 3.51. The Balaban J connectivity index is 1.60. The minimum atomic E-state index is -0.291. The van der Waals surface area contributed by atoms with E-state index in [-0.39, 0.29) is 5.82 Å². The second-order valence-corrected chi connectivity index (χ2v) is 9.66. The van der Waals surface area contributed by atoms with E-state index in [0.29, 0.717) is 22.6 Å². The molecule has 1 saturated carbocycles. The van der Waals surface area contributed by atoms with Crippen LogP contribution in [0.5, 0.6) is 0 Å². The first-order chi connectivity index (χ1) is 17.0. The molecular weight excluding hydrogens is 435 g/mol. The first-order valence-electron chi connectivity index (χ1n) is 12.2. The number of aromatic nitrogens is 1. The Kier molecular flexibility index (Phi) is 5.15. The first kappa shape index (κ1) is 21.6. The fraction of sp³-hybridized carbons (Fsp3) is 0.226. The number of furan rings is 1. The van der Waals surface area contributed by atoms with Crippen molar-refractivity contribution in [3.05, 3.63) is 89.4 Å². The van der Waals surface area contributed by atoms with Crippen molar-refractivity contribution in [2.75, 3.05) is 0 Å². The van der Waals surface area contributed by atoms with Gasteiger partial charge < -0.3 is 4.42 Å². The van der Waals surface area contributed by atoms with E-state index in [4.69, 9.17) is 4.42 Å². The average Bonchev–Trinajstić information content (AvgIpc) is 3.53. The molecule has 0 amide bonds. The SMILES string of the molecule is Cc1ccc2c(oc3c(-c4ccc(C5CCCC5)cc4)c(C#N)ccc32)c1-c1cc(F)cc[n+]1C. The number of aryl methyl sites for hydroxylation is 2. The third-order valence-electron chi connectivity index (χ3n) is 7.53. The molecule has 1 fully saturated rings. The lowest BCUT2D eigenvalue weighted by Gasteiger charge is -2.11. The molecule has 0 N–H and O–H groups in total. The zero-order chi connectivity index (χ0) is 24.1. The Morgan fingerprint density at radius 3 is 2.31 bits per heavy atom. The maximum absolute atomic E-state index is 14.2. The Morgan fingerprint density at radius 1 is 0.914 bits per heavy atom. The molecule has 0 radical (unpaired) electrons. The number of hydrogen-bond acceptors (Lipinski definition) is 2. The van der Waals surface area contributed by atoms with Crippen LogP contribution in [0, 0.1) is 24.1 Å². The molecule has 0 unspecified atom stereocenters. The average molecular weight is 462 g/mol. The monoisotopic (exact) mass is 461 g/mol. The molecule has 3 aromatic carbocycles. The maximum Gasteiger partial charge on any atom is 0.219 e. The van der Waals surface area contributed by atoms with Gasteiger partial charge in [0.15, 0.2) is 6.20 Å². The highest BCUT2D eigenvalue weighted by Gasteiger charge is 2.24. The van der Waals surface area contributed by atoms with Crippen LogP contribution in [0.3, 0.4) is 0 Å². The summed E-state index contributed by atoms with van der Waals surface area (Å²) < 4.78 is 22.7. The summed E-state index contributed by atoms with van der Waals surface area (Å²) in [4.78, 5) is 0. The summed E-state index contributed by atoms with van der Waals surface area (Å²) in [6, 6.07) is 21.9.